The Morgan fingerprint density at radius 2 is 1.96 bits per heavy atom. The number of ether oxygens (including phenoxy) is 1. The van der Waals surface area contributed by atoms with E-state index in [1.165, 1.54) is 18.7 Å². The van der Waals surface area contributed by atoms with E-state index in [0.29, 0.717) is 24.7 Å². The summed E-state index contributed by atoms with van der Waals surface area (Å²) in [5, 5.41) is 12.5. The van der Waals surface area contributed by atoms with E-state index in [0.717, 1.165) is 23.0 Å². The molecular weight excluding hydrogens is 380 g/mol. The highest BCUT2D eigenvalue weighted by Crippen LogP contribution is 2.21. The lowest BCUT2D eigenvalue weighted by molar-refractivity contribution is 0.0992. The second-order valence-electron chi connectivity index (χ2n) is 6.70. The maximum absolute atomic E-state index is 12.6. The number of rotatable bonds is 5. The van der Waals surface area contributed by atoms with Crippen LogP contribution in [-0.4, -0.2) is 31.8 Å². The van der Waals surface area contributed by atoms with Crippen molar-refractivity contribution < 1.29 is 8.95 Å². The maximum atomic E-state index is 12.6. The molecule has 1 unspecified atom stereocenters. The zero-order valence-electron chi connectivity index (χ0n) is 15.8. The fourth-order valence-electron chi connectivity index (χ4n) is 3.19. The molecule has 0 radical (unpaired) electrons. The molecule has 28 heavy (non-hydrogen) atoms. The number of benzene rings is 1. The van der Waals surface area contributed by atoms with Crippen LogP contribution in [0.4, 0.5) is 11.5 Å². The molecule has 2 aromatic rings. The first-order chi connectivity index (χ1) is 13.4. The van der Waals surface area contributed by atoms with Crippen LogP contribution in [0.25, 0.3) is 0 Å². The van der Waals surface area contributed by atoms with Crippen LogP contribution in [0.2, 0.25) is 0 Å². The summed E-state index contributed by atoms with van der Waals surface area (Å²) in [5.41, 5.74) is 0.178. The van der Waals surface area contributed by atoms with E-state index in [4.69, 9.17) is 4.74 Å². The highest BCUT2D eigenvalue weighted by Gasteiger charge is 2.20. The van der Waals surface area contributed by atoms with Gasteiger partial charge in [-0.3, -0.25) is 18.1 Å². The van der Waals surface area contributed by atoms with E-state index in [2.05, 4.69) is 5.32 Å². The molecule has 0 aliphatic carbocycles. The van der Waals surface area contributed by atoms with Gasteiger partial charge in [0.05, 0.1) is 0 Å². The van der Waals surface area contributed by atoms with Crippen molar-refractivity contribution in [1.29, 1.82) is 5.26 Å². The number of nitrogens with zero attached hydrogens (tertiary/aromatic N) is 3. The van der Waals surface area contributed by atoms with Crippen molar-refractivity contribution in [3.63, 3.8) is 0 Å². The van der Waals surface area contributed by atoms with E-state index in [1.807, 2.05) is 24.3 Å². The van der Waals surface area contributed by atoms with E-state index < -0.39 is 22.0 Å². The molecule has 1 aliphatic heterocycles. The normalized spacial score (nSPS) is 15.8. The zero-order chi connectivity index (χ0) is 20.3. The molecule has 0 saturated carbocycles. The van der Waals surface area contributed by atoms with Crippen molar-refractivity contribution >= 4 is 22.3 Å². The largest absolute Gasteiger partial charge is 0.381 e. The minimum Gasteiger partial charge on any atom is -0.381 e. The van der Waals surface area contributed by atoms with E-state index in [-0.39, 0.29) is 16.6 Å². The highest BCUT2D eigenvalue weighted by molar-refractivity contribution is 7.84. The summed E-state index contributed by atoms with van der Waals surface area (Å²) < 4.78 is 20.1. The van der Waals surface area contributed by atoms with Crippen LogP contribution >= 0.6 is 0 Å². The Morgan fingerprint density at radius 3 is 2.64 bits per heavy atom. The first-order valence-corrected chi connectivity index (χ1v) is 10.3. The molecule has 1 aromatic carbocycles. The van der Waals surface area contributed by atoms with Gasteiger partial charge in [-0.05, 0) is 30.5 Å². The Morgan fingerprint density at radius 1 is 1.25 bits per heavy atom. The molecule has 1 aliphatic rings. The number of nitriles is 1. The summed E-state index contributed by atoms with van der Waals surface area (Å²) in [6.45, 7) is 1.29. The smallest absolute Gasteiger partial charge is 0.332 e. The standard InChI is InChI=1S/C19H22N4O4S/c1-22-17(16(11-20)18(24)23(2)19(22)25)21-14-5-3-4-13(10-14)12-28(26)15-6-8-27-9-7-15/h3-5,10,15,21H,6-9,12H2,1-2H3. The summed E-state index contributed by atoms with van der Waals surface area (Å²) in [4.78, 5) is 24.4. The second-order valence-corrected chi connectivity index (χ2v) is 8.42. The van der Waals surface area contributed by atoms with Crippen LogP contribution in [0.5, 0.6) is 0 Å². The number of hydrogen-bond acceptors (Lipinski definition) is 6. The Labute approximate surface area is 164 Å². The lowest BCUT2D eigenvalue weighted by atomic mass is 10.2. The molecular formula is C19H22N4O4S. The van der Waals surface area contributed by atoms with Gasteiger partial charge in [-0.25, -0.2) is 4.79 Å². The summed E-state index contributed by atoms with van der Waals surface area (Å²) in [6, 6.07) is 9.15. The van der Waals surface area contributed by atoms with Crippen molar-refractivity contribution in [2.45, 2.75) is 23.8 Å². The minimum atomic E-state index is -1.00. The third-order valence-corrected chi connectivity index (χ3v) is 6.65. The fourth-order valence-corrected chi connectivity index (χ4v) is 4.65. The van der Waals surface area contributed by atoms with Crippen molar-refractivity contribution in [2.75, 3.05) is 18.5 Å². The number of anilines is 2. The highest BCUT2D eigenvalue weighted by atomic mass is 32.2. The molecule has 3 rings (SSSR count). The quantitative estimate of drug-likeness (QED) is 0.804. The molecule has 1 atom stereocenters. The van der Waals surface area contributed by atoms with Crippen molar-refractivity contribution in [3.05, 3.63) is 56.2 Å². The minimum absolute atomic E-state index is 0.133. The first kappa shape index (κ1) is 20.0. The summed E-state index contributed by atoms with van der Waals surface area (Å²) in [5.74, 6) is 0.555. The van der Waals surface area contributed by atoms with Crippen LogP contribution in [0.1, 0.15) is 24.0 Å². The summed E-state index contributed by atoms with van der Waals surface area (Å²) in [6.07, 6.45) is 1.59. The summed E-state index contributed by atoms with van der Waals surface area (Å²) >= 11 is 0. The van der Waals surface area contributed by atoms with Gasteiger partial charge in [0.1, 0.15) is 11.9 Å². The van der Waals surface area contributed by atoms with E-state index in [9.17, 15) is 19.1 Å². The van der Waals surface area contributed by atoms with Crippen LogP contribution < -0.4 is 16.6 Å². The second kappa shape index (κ2) is 8.54. The lowest BCUT2D eigenvalue weighted by Gasteiger charge is -2.21. The molecule has 9 heteroatoms. The molecule has 2 heterocycles. The van der Waals surface area contributed by atoms with E-state index >= 15 is 0 Å². The van der Waals surface area contributed by atoms with Gasteiger partial charge in [-0.15, -0.1) is 0 Å². The average molecular weight is 402 g/mol. The van der Waals surface area contributed by atoms with Gasteiger partial charge in [-0.1, -0.05) is 12.1 Å². The number of aromatic nitrogens is 2. The zero-order valence-corrected chi connectivity index (χ0v) is 16.6. The average Bonchev–Trinajstić information content (AvgIpc) is 2.71. The predicted octanol–water partition coefficient (Wildman–Crippen LogP) is 1.13. The van der Waals surface area contributed by atoms with Crippen molar-refractivity contribution in [2.24, 2.45) is 14.1 Å². The van der Waals surface area contributed by atoms with Crippen LogP contribution in [0, 0.1) is 11.3 Å². The number of nitrogens with one attached hydrogen (secondary N) is 1. The van der Waals surface area contributed by atoms with Gasteiger partial charge in [0, 0.05) is 54.8 Å². The lowest BCUT2D eigenvalue weighted by Crippen LogP contribution is -2.39. The molecule has 148 valence electrons. The Balaban J connectivity index is 1.86. The molecule has 1 saturated heterocycles. The predicted molar refractivity (Wildman–Crippen MR) is 107 cm³/mol. The maximum Gasteiger partial charge on any atom is 0.332 e. The van der Waals surface area contributed by atoms with Crippen molar-refractivity contribution in [3.8, 4) is 6.07 Å². The topological polar surface area (TPSA) is 106 Å². The molecule has 0 spiro atoms. The molecule has 1 aromatic heterocycles. The van der Waals surface area contributed by atoms with Crippen molar-refractivity contribution in [1.82, 2.24) is 9.13 Å². The Hall–Kier alpha value is -2.70. The van der Waals surface area contributed by atoms with Gasteiger partial charge < -0.3 is 10.1 Å². The Bertz CT molecular complexity index is 1060. The SMILES string of the molecule is Cn1c(Nc2cccc(CS(=O)C3CCOCC3)c2)c(C#N)c(=O)n(C)c1=O. The first-order valence-electron chi connectivity index (χ1n) is 8.93. The number of hydrogen-bond donors (Lipinski definition) is 1. The van der Waals surface area contributed by atoms with Gasteiger partial charge in [0.25, 0.3) is 5.56 Å². The third kappa shape index (κ3) is 4.08. The van der Waals surface area contributed by atoms with E-state index in [1.54, 1.807) is 6.07 Å². The fraction of sp³-hybridized carbons (Fsp3) is 0.421. The van der Waals surface area contributed by atoms with Crippen LogP contribution in [-0.2, 0) is 35.4 Å². The molecule has 8 nitrogen and oxygen atoms in total. The molecule has 1 N–H and O–H groups in total. The van der Waals surface area contributed by atoms with Gasteiger partial charge in [0.15, 0.2) is 5.56 Å². The van der Waals surface area contributed by atoms with Crippen LogP contribution in [0.15, 0.2) is 33.9 Å². The molecule has 1 fully saturated rings. The molecule has 0 bridgehead atoms. The van der Waals surface area contributed by atoms with Gasteiger partial charge in [0.2, 0.25) is 0 Å². The van der Waals surface area contributed by atoms with Crippen LogP contribution in [0.3, 0.4) is 0 Å². The summed E-state index contributed by atoms with van der Waals surface area (Å²) in [7, 11) is 1.83. The third-order valence-electron chi connectivity index (χ3n) is 4.82. The van der Waals surface area contributed by atoms with Gasteiger partial charge in [-0.2, -0.15) is 5.26 Å². The monoisotopic (exact) mass is 402 g/mol. The molecule has 0 amide bonds. The van der Waals surface area contributed by atoms with Gasteiger partial charge >= 0.3 is 5.69 Å². The Kier molecular flexibility index (Phi) is 6.11.